The van der Waals surface area contributed by atoms with Crippen LogP contribution in [0.15, 0.2) is 0 Å². The first kappa shape index (κ1) is 50.4. The fourth-order valence-electron chi connectivity index (χ4n) is 6.69. The van der Waals surface area contributed by atoms with Crippen molar-refractivity contribution in [2.24, 2.45) is 11.8 Å². The Morgan fingerprint density at radius 2 is 0.673 bits per heavy atom. The van der Waals surface area contributed by atoms with Gasteiger partial charge in [0.15, 0.2) is 6.10 Å². The van der Waals surface area contributed by atoms with E-state index in [0.717, 1.165) is 69.6 Å². The zero-order chi connectivity index (χ0) is 38.3. The van der Waals surface area contributed by atoms with Crippen LogP contribution < -0.4 is 0 Å². The van der Waals surface area contributed by atoms with Crippen molar-refractivity contribution in [1.29, 1.82) is 0 Å². The number of hydrogen-bond donors (Lipinski definition) is 0. The molecule has 0 spiro atoms. The number of carbonyl (C=O) groups excluding carboxylic acids is 3. The van der Waals surface area contributed by atoms with Crippen molar-refractivity contribution >= 4 is 17.9 Å². The van der Waals surface area contributed by atoms with E-state index in [9.17, 15) is 14.4 Å². The summed E-state index contributed by atoms with van der Waals surface area (Å²) in [5, 5.41) is 0. The maximum Gasteiger partial charge on any atom is 0.306 e. The van der Waals surface area contributed by atoms with Crippen LogP contribution in [0.5, 0.6) is 0 Å². The van der Waals surface area contributed by atoms with Gasteiger partial charge < -0.3 is 14.2 Å². The van der Waals surface area contributed by atoms with Crippen LogP contribution in [0, 0.1) is 11.8 Å². The van der Waals surface area contributed by atoms with Gasteiger partial charge in [0.05, 0.1) is 0 Å². The topological polar surface area (TPSA) is 78.9 Å². The van der Waals surface area contributed by atoms with E-state index in [4.69, 9.17) is 14.2 Å². The van der Waals surface area contributed by atoms with Crippen molar-refractivity contribution in [3.05, 3.63) is 0 Å². The molecule has 308 valence electrons. The molecular weight excluding hydrogens is 648 g/mol. The molecule has 6 nitrogen and oxygen atoms in total. The average Bonchev–Trinajstić information content (AvgIpc) is 3.14. The highest BCUT2D eigenvalue weighted by atomic mass is 16.6. The van der Waals surface area contributed by atoms with Crippen LogP contribution in [0.25, 0.3) is 0 Å². The lowest BCUT2D eigenvalue weighted by Crippen LogP contribution is -2.30. The lowest BCUT2D eigenvalue weighted by molar-refractivity contribution is -0.167. The molecule has 0 aromatic rings. The van der Waals surface area contributed by atoms with Gasteiger partial charge in [-0.1, -0.05) is 208 Å². The largest absolute Gasteiger partial charge is 0.462 e. The summed E-state index contributed by atoms with van der Waals surface area (Å²) in [6, 6.07) is 0. The zero-order valence-corrected chi connectivity index (χ0v) is 35.4. The van der Waals surface area contributed by atoms with Crippen LogP contribution in [0.4, 0.5) is 0 Å². The Kier molecular flexibility index (Phi) is 37.9. The Hall–Kier alpha value is -1.59. The first-order chi connectivity index (χ1) is 25.3. The average molecular weight is 737 g/mol. The molecule has 0 rings (SSSR count). The highest BCUT2D eigenvalue weighted by Crippen LogP contribution is 2.17. The van der Waals surface area contributed by atoms with Gasteiger partial charge in [-0.3, -0.25) is 14.4 Å². The van der Waals surface area contributed by atoms with Gasteiger partial charge in [-0.15, -0.1) is 0 Å². The molecule has 0 heterocycles. The van der Waals surface area contributed by atoms with Crippen molar-refractivity contribution < 1.29 is 28.6 Å². The predicted molar refractivity (Wildman–Crippen MR) is 220 cm³/mol. The van der Waals surface area contributed by atoms with Gasteiger partial charge in [0.2, 0.25) is 0 Å². The SMILES string of the molecule is CCCCCCCCCCCCCCC(=O)O[C@@H](COC(=O)CCCCCCCCCCC(C)CC)COC(=O)CCCCCCCCC(C)CC. The molecule has 0 saturated heterocycles. The van der Waals surface area contributed by atoms with E-state index in [1.165, 1.54) is 135 Å². The molecular formula is C46H88O6. The summed E-state index contributed by atoms with van der Waals surface area (Å²) >= 11 is 0. The highest BCUT2D eigenvalue weighted by molar-refractivity contribution is 5.71. The van der Waals surface area contributed by atoms with Crippen LogP contribution in [0.1, 0.15) is 247 Å². The first-order valence-corrected chi connectivity index (χ1v) is 22.8. The van der Waals surface area contributed by atoms with Crippen molar-refractivity contribution in [2.75, 3.05) is 13.2 Å². The highest BCUT2D eigenvalue weighted by Gasteiger charge is 2.19. The molecule has 0 aromatic carbocycles. The maximum atomic E-state index is 12.7. The van der Waals surface area contributed by atoms with E-state index in [0.29, 0.717) is 19.3 Å². The van der Waals surface area contributed by atoms with Gasteiger partial charge >= 0.3 is 17.9 Å². The Balaban J connectivity index is 4.36. The van der Waals surface area contributed by atoms with E-state index < -0.39 is 6.10 Å². The van der Waals surface area contributed by atoms with E-state index >= 15 is 0 Å². The second-order valence-corrected chi connectivity index (χ2v) is 16.2. The molecule has 0 aromatic heterocycles. The number of rotatable bonds is 40. The second-order valence-electron chi connectivity index (χ2n) is 16.2. The summed E-state index contributed by atoms with van der Waals surface area (Å²) in [4.78, 5) is 37.7. The van der Waals surface area contributed by atoms with Gasteiger partial charge in [0, 0.05) is 19.3 Å². The van der Waals surface area contributed by atoms with Gasteiger partial charge in [0.1, 0.15) is 13.2 Å². The fraction of sp³-hybridized carbons (Fsp3) is 0.935. The molecule has 0 amide bonds. The molecule has 6 heteroatoms. The molecule has 0 saturated carbocycles. The van der Waals surface area contributed by atoms with Crippen LogP contribution in [-0.4, -0.2) is 37.2 Å². The predicted octanol–water partition coefficient (Wildman–Crippen LogP) is 14.2. The minimum Gasteiger partial charge on any atom is -0.462 e. The molecule has 3 atom stereocenters. The lowest BCUT2D eigenvalue weighted by Gasteiger charge is -2.18. The number of carbonyl (C=O) groups is 3. The Bertz CT molecular complexity index is 798. The molecule has 0 N–H and O–H groups in total. The molecule has 2 unspecified atom stereocenters. The molecule has 0 aliphatic heterocycles. The van der Waals surface area contributed by atoms with E-state index in [-0.39, 0.29) is 31.1 Å². The summed E-state index contributed by atoms with van der Waals surface area (Å²) in [5.74, 6) is 0.801. The van der Waals surface area contributed by atoms with Crippen LogP contribution >= 0.6 is 0 Å². The summed E-state index contributed by atoms with van der Waals surface area (Å²) in [5.41, 5.74) is 0. The number of hydrogen-bond acceptors (Lipinski definition) is 6. The molecule has 0 aliphatic rings. The summed E-state index contributed by atoms with van der Waals surface area (Å²) < 4.78 is 16.7. The third kappa shape index (κ3) is 36.8. The number of esters is 3. The summed E-state index contributed by atoms with van der Waals surface area (Å²) in [6.07, 6.45) is 36.5. The smallest absolute Gasteiger partial charge is 0.306 e. The van der Waals surface area contributed by atoms with Gasteiger partial charge in [0.25, 0.3) is 0 Å². The monoisotopic (exact) mass is 737 g/mol. The third-order valence-corrected chi connectivity index (χ3v) is 10.9. The molecule has 0 bridgehead atoms. The number of ether oxygens (including phenoxy) is 3. The van der Waals surface area contributed by atoms with Crippen molar-refractivity contribution in [1.82, 2.24) is 0 Å². The molecule has 0 radical (unpaired) electrons. The fourth-order valence-corrected chi connectivity index (χ4v) is 6.69. The number of unbranched alkanes of at least 4 members (excludes halogenated alkanes) is 23. The van der Waals surface area contributed by atoms with Crippen molar-refractivity contribution in [3.63, 3.8) is 0 Å². The molecule has 52 heavy (non-hydrogen) atoms. The zero-order valence-electron chi connectivity index (χ0n) is 35.4. The van der Waals surface area contributed by atoms with Crippen LogP contribution in [0.2, 0.25) is 0 Å². The standard InChI is InChI=1S/C46H88O6/c1-6-9-10-11-12-13-14-15-16-21-28-33-38-46(49)52-43(40-51-45(48)37-32-27-23-22-25-30-35-42(5)8-3)39-50-44(47)36-31-26-20-18-17-19-24-29-34-41(4)7-2/h41-43H,6-40H2,1-5H3/t41?,42?,43-/m0/s1. The second kappa shape index (κ2) is 39.1. The van der Waals surface area contributed by atoms with Crippen LogP contribution in [-0.2, 0) is 28.6 Å². The van der Waals surface area contributed by atoms with Crippen molar-refractivity contribution in [2.45, 2.75) is 253 Å². The van der Waals surface area contributed by atoms with Crippen molar-refractivity contribution in [3.8, 4) is 0 Å². The third-order valence-electron chi connectivity index (χ3n) is 10.9. The summed E-state index contributed by atoms with van der Waals surface area (Å²) in [7, 11) is 0. The maximum absolute atomic E-state index is 12.7. The van der Waals surface area contributed by atoms with E-state index in [2.05, 4.69) is 34.6 Å². The minimum absolute atomic E-state index is 0.0659. The molecule has 0 aliphatic carbocycles. The summed E-state index contributed by atoms with van der Waals surface area (Å²) in [6.45, 7) is 11.3. The Morgan fingerprint density at radius 3 is 1.00 bits per heavy atom. The Morgan fingerprint density at radius 1 is 0.385 bits per heavy atom. The van der Waals surface area contributed by atoms with Gasteiger partial charge in [-0.05, 0) is 31.1 Å². The van der Waals surface area contributed by atoms with E-state index in [1.807, 2.05) is 0 Å². The van der Waals surface area contributed by atoms with Gasteiger partial charge in [-0.25, -0.2) is 0 Å². The lowest BCUT2D eigenvalue weighted by atomic mass is 9.99. The molecule has 0 fully saturated rings. The van der Waals surface area contributed by atoms with E-state index in [1.54, 1.807) is 0 Å². The minimum atomic E-state index is -0.761. The first-order valence-electron chi connectivity index (χ1n) is 22.8. The Labute approximate surface area is 323 Å². The quantitative estimate of drug-likeness (QED) is 0.0354. The van der Waals surface area contributed by atoms with Crippen LogP contribution in [0.3, 0.4) is 0 Å². The normalized spacial score (nSPS) is 13.1. The van der Waals surface area contributed by atoms with Gasteiger partial charge in [-0.2, -0.15) is 0 Å².